The van der Waals surface area contributed by atoms with Gasteiger partial charge in [0, 0.05) is 79.1 Å². The highest BCUT2D eigenvalue weighted by atomic mass is 16.6. The van der Waals surface area contributed by atoms with Crippen LogP contribution in [0.5, 0.6) is 0 Å². The summed E-state index contributed by atoms with van der Waals surface area (Å²) in [5.74, 6) is -4.02. The van der Waals surface area contributed by atoms with Gasteiger partial charge in [-0.25, -0.2) is 0 Å². The monoisotopic (exact) mass is 1150 g/mol. The van der Waals surface area contributed by atoms with Crippen molar-refractivity contribution in [3.63, 3.8) is 0 Å². The minimum absolute atomic E-state index is 0.0179. The standard InChI is InChI=1S/2C29H31NO4.4C2H4O2/c2*1-20(31)30-28-19-34-24(18-33-21(2)32)17-27(28)25-15-9-10-16-26(25)29(22-11-5-3-6-12-22)23-13-7-4-8-14-23;4*1-2(3)4/h2*3-16,24,27-29H,17-19H2,1-2H3,(H,30,31);4*1H3,(H,3,4). The minimum atomic E-state index is -0.833. The molecule has 84 heavy (non-hydrogen) atoms. The van der Waals surface area contributed by atoms with Gasteiger partial charge in [0.15, 0.2) is 0 Å². The number of benzene rings is 6. The molecule has 2 heterocycles. The lowest BCUT2D eigenvalue weighted by Gasteiger charge is -2.38. The van der Waals surface area contributed by atoms with Crippen molar-refractivity contribution in [2.24, 2.45) is 0 Å². The van der Waals surface area contributed by atoms with Crippen LogP contribution in [0.25, 0.3) is 0 Å². The molecule has 6 N–H and O–H groups in total. The number of carboxylic acid groups (broad SMARTS) is 4. The maximum atomic E-state index is 12.0. The highest BCUT2D eigenvalue weighted by Gasteiger charge is 2.37. The molecule has 0 saturated carbocycles. The predicted molar refractivity (Wildman–Crippen MR) is 316 cm³/mol. The maximum absolute atomic E-state index is 12.0. The summed E-state index contributed by atoms with van der Waals surface area (Å²) in [6.07, 6.45) is 0.842. The fraction of sp³-hybridized carbons (Fsp3) is 0.333. The van der Waals surface area contributed by atoms with Gasteiger partial charge in [-0.2, -0.15) is 0 Å². The number of carboxylic acids is 4. The lowest BCUT2D eigenvalue weighted by Crippen LogP contribution is -2.48. The van der Waals surface area contributed by atoms with Crippen LogP contribution in [-0.4, -0.2) is 119 Å². The Morgan fingerprint density at radius 3 is 0.881 bits per heavy atom. The van der Waals surface area contributed by atoms with Gasteiger partial charge in [0.05, 0.1) is 37.5 Å². The normalized spacial score (nSPS) is 17.4. The Balaban J connectivity index is 0.000000350. The topological polar surface area (TPSA) is 278 Å². The molecular formula is C66H78N2O16. The lowest BCUT2D eigenvalue weighted by atomic mass is 9.76. The SMILES string of the molecule is CC(=O)NC1COC(COC(C)=O)CC1c1ccccc1C(c1ccccc1)c1ccccc1.CC(=O)NC1COC(COC(C)=O)CC1c1ccccc1C(c1ccccc1)c1ccccc1.CC(=O)O.CC(=O)O.CC(=O)O.CC(=O)O. The third kappa shape index (κ3) is 25.8. The molecule has 6 unspecified atom stereocenters. The van der Waals surface area contributed by atoms with Crippen LogP contribution in [-0.2, 0) is 57.3 Å². The molecule has 2 fully saturated rings. The summed E-state index contributed by atoms with van der Waals surface area (Å²) in [4.78, 5) is 82.8. The molecule has 0 bridgehead atoms. The molecule has 0 aliphatic carbocycles. The number of hydrogen-bond donors (Lipinski definition) is 6. The van der Waals surface area contributed by atoms with Crippen LogP contribution in [0.3, 0.4) is 0 Å². The Morgan fingerprint density at radius 2 is 0.643 bits per heavy atom. The Labute approximate surface area is 491 Å². The summed E-state index contributed by atoms with van der Waals surface area (Å²) in [6, 6.07) is 58.5. The number of aliphatic carboxylic acids is 4. The van der Waals surface area contributed by atoms with E-state index in [1.165, 1.54) is 72.2 Å². The molecule has 0 spiro atoms. The Hall–Kier alpha value is -9.00. The summed E-state index contributed by atoms with van der Waals surface area (Å²) in [7, 11) is 0. The first kappa shape index (κ1) is 69.3. The van der Waals surface area contributed by atoms with E-state index >= 15 is 0 Å². The first-order valence-electron chi connectivity index (χ1n) is 27.2. The van der Waals surface area contributed by atoms with Gasteiger partial charge in [-0.15, -0.1) is 0 Å². The van der Waals surface area contributed by atoms with Crippen LogP contribution in [0.15, 0.2) is 170 Å². The second-order valence-electron chi connectivity index (χ2n) is 19.7. The quantitative estimate of drug-likeness (QED) is 0.0437. The van der Waals surface area contributed by atoms with E-state index < -0.39 is 23.9 Å². The molecule has 18 nitrogen and oxygen atoms in total. The number of amides is 2. The van der Waals surface area contributed by atoms with E-state index in [0.717, 1.165) is 27.7 Å². The van der Waals surface area contributed by atoms with Crippen LogP contribution in [0.4, 0.5) is 0 Å². The molecular weight excluding hydrogens is 1080 g/mol. The molecule has 2 saturated heterocycles. The van der Waals surface area contributed by atoms with Gasteiger partial charge in [0.25, 0.3) is 23.9 Å². The van der Waals surface area contributed by atoms with Crippen LogP contribution in [0, 0.1) is 0 Å². The third-order valence-electron chi connectivity index (χ3n) is 12.7. The first-order chi connectivity index (χ1) is 40.0. The molecule has 2 aliphatic heterocycles. The van der Waals surface area contributed by atoms with Crippen molar-refractivity contribution >= 4 is 47.6 Å². The van der Waals surface area contributed by atoms with Crippen molar-refractivity contribution in [3.05, 3.63) is 214 Å². The van der Waals surface area contributed by atoms with Crippen LogP contribution >= 0.6 is 0 Å². The number of carbonyl (C=O) groups is 8. The molecule has 2 amide bonds. The largest absolute Gasteiger partial charge is 0.481 e. The Morgan fingerprint density at radius 1 is 0.405 bits per heavy atom. The highest BCUT2D eigenvalue weighted by Crippen LogP contribution is 2.42. The second-order valence-corrected chi connectivity index (χ2v) is 19.7. The van der Waals surface area contributed by atoms with Crippen molar-refractivity contribution in [3.8, 4) is 0 Å². The number of nitrogens with one attached hydrogen (secondary N) is 2. The van der Waals surface area contributed by atoms with Gasteiger partial charge >= 0.3 is 11.9 Å². The van der Waals surface area contributed by atoms with Crippen molar-refractivity contribution in [2.75, 3.05) is 26.4 Å². The number of carbonyl (C=O) groups excluding carboxylic acids is 4. The van der Waals surface area contributed by atoms with Gasteiger partial charge < -0.3 is 50.0 Å². The smallest absolute Gasteiger partial charge is 0.302 e. The zero-order chi connectivity index (χ0) is 62.1. The molecule has 2 aliphatic rings. The average Bonchev–Trinajstić information content (AvgIpc) is 3.44. The molecule has 8 rings (SSSR count). The number of ether oxygens (including phenoxy) is 4. The zero-order valence-electron chi connectivity index (χ0n) is 48.7. The van der Waals surface area contributed by atoms with E-state index in [4.69, 9.17) is 58.6 Å². The summed E-state index contributed by atoms with van der Waals surface area (Å²) >= 11 is 0. The van der Waals surface area contributed by atoms with Crippen molar-refractivity contribution < 1.29 is 77.7 Å². The number of esters is 2. The van der Waals surface area contributed by atoms with Crippen LogP contribution in [0.1, 0.15) is 136 Å². The number of hydrogen-bond acceptors (Lipinski definition) is 12. The van der Waals surface area contributed by atoms with Crippen molar-refractivity contribution in [1.29, 1.82) is 0 Å². The molecule has 0 radical (unpaired) electrons. The second kappa shape index (κ2) is 37.2. The molecule has 6 aromatic rings. The molecule has 0 aromatic heterocycles. The summed E-state index contributed by atoms with van der Waals surface area (Å²) < 4.78 is 22.4. The van der Waals surface area contributed by atoms with Crippen LogP contribution in [0.2, 0.25) is 0 Å². The summed E-state index contributed by atoms with van der Waals surface area (Å²) in [5, 5.41) is 35.8. The average molecular weight is 1160 g/mol. The van der Waals surface area contributed by atoms with Crippen LogP contribution < -0.4 is 10.6 Å². The van der Waals surface area contributed by atoms with E-state index in [1.54, 1.807) is 0 Å². The lowest BCUT2D eigenvalue weighted by molar-refractivity contribution is -0.148. The Kier molecular flexibility index (Phi) is 30.7. The highest BCUT2D eigenvalue weighted by molar-refractivity contribution is 5.74. The Bertz CT molecular complexity index is 2670. The number of rotatable bonds is 14. The zero-order valence-corrected chi connectivity index (χ0v) is 48.7. The molecule has 18 heteroatoms. The molecule has 448 valence electrons. The fourth-order valence-electron chi connectivity index (χ4n) is 9.80. The van der Waals surface area contributed by atoms with E-state index in [-0.39, 0.29) is 84.9 Å². The van der Waals surface area contributed by atoms with Gasteiger partial charge in [-0.3, -0.25) is 38.4 Å². The first-order valence-corrected chi connectivity index (χ1v) is 27.2. The van der Waals surface area contributed by atoms with Crippen molar-refractivity contribution in [2.45, 2.75) is 116 Å². The van der Waals surface area contributed by atoms with Gasteiger partial charge in [-0.05, 0) is 57.3 Å². The van der Waals surface area contributed by atoms with Gasteiger partial charge in [0.2, 0.25) is 11.8 Å². The van der Waals surface area contributed by atoms with Gasteiger partial charge in [0.1, 0.15) is 13.2 Å². The third-order valence-corrected chi connectivity index (χ3v) is 12.7. The van der Waals surface area contributed by atoms with E-state index in [1.807, 2.05) is 36.4 Å². The molecule has 6 aromatic carbocycles. The van der Waals surface area contributed by atoms with Gasteiger partial charge in [-0.1, -0.05) is 170 Å². The summed E-state index contributed by atoms with van der Waals surface area (Å²) in [5.41, 5.74) is 9.59. The minimum Gasteiger partial charge on any atom is -0.481 e. The van der Waals surface area contributed by atoms with Crippen molar-refractivity contribution in [1.82, 2.24) is 10.6 Å². The van der Waals surface area contributed by atoms with E-state index in [0.29, 0.717) is 26.1 Å². The summed E-state index contributed by atoms with van der Waals surface area (Å²) in [6.45, 7) is 11.4. The van der Waals surface area contributed by atoms with E-state index in [9.17, 15) is 19.2 Å². The van der Waals surface area contributed by atoms with E-state index in [2.05, 4.69) is 144 Å². The fourth-order valence-corrected chi connectivity index (χ4v) is 9.80. The molecule has 6 atom stereocenters. The predicted octanol–water partition coefficient (Wildman–Crippen LogP) is 9.98. The maximum Gasteiger partial charge on any atom is 0.302 e.